The molecule has 0 aromatic carbocycles. The van der Waals surface area contributed by atoms with E-state index in [9.17, 15) is 19.2 Å². The summed E-state index contributed by atoms with van der Waals surface area (Å²) in [6, 6.07) is 0. The van der Waals surface area contributed by atoms with E-state index in [4.69, 9.17) is 18.9 Å². The Morgan fingerprint density at radius 3 is 1.39 bits per heavy atom. The third kappa shape index (κ3) is 26.6. The van der Waals surface area contributed by atoms with Gasteiger partial charge in [-0.3, -0.25) is 9.59 Å². The summed E-state index contributed by atoms with van der Waals surface area (Å²) >= 11 is 0. The lowest BCUT2D eigenvalue weighted by Crippen LogP contribution is -2.35. The summed E-state index contributed by atoms with van der Waals surface area (Å²) in [5.41, 5.74) is 0. The van der Waals surface area contributed by atoms with E-state index >= 15 is 0 Å². The Kier molecular flexibility index (Phi) is 28.1. The van der Waals surface area contributed by atoms with Gasteiger partial charge in [-0.1, -0.05) is 40.5 Å². The van der Waals surface area contributed by atoms with E-state index in [0.717, 1.165) is 90.1 Å². The van der Waals surface area contributed by atoms with Gasteiger partial charge in [-0.2, -0.15) is 0 Å². The van der Waals surface area contributed by atoms with Gasteiger partial charge in [0.2, 0.25) is 0 Å². The molecule has 0 fully saturated rings. The highest BCUT2D eigenvalue weighted by Crippen LogP contribution is 2.08. The number of alkyl carbamates (subject to hydrolysis) is 2. The number of carbonyl (C=O) groups excluding carboxylic acids is 4. The van der Waals surface area contributed by atoms with Crippen LogP contribution in [0.4, 0.5) is 9.59 Å². The Bertz CT molecular complexity index is 741. The maximum absolute atomic E-state index is 12.3. The molecule has 0 aliphatic carbocycles. The lowest BCUT2D eigenvalue weighted by molar-refractivity contribution is -0.144. The molecule has 0 spiro atoms. The van der Waals surface area contributed by atoms with Gasteiger partial charge >= 0.3 is 24.1 Å². The molecule has 0 bridgehead atoms. The first-order valence-electron chi connectivity index (χ1n) is 17.7. The Morgan fingerprint density at radius 2 is 1.02 bits per heavy atom. The third-order valence-corrected chi connectivity index (χ3v) is 7.51. The van der Waals surface area contributed by atoms with Gasteiger partial charge in [0, 0.05) is 39.3 Å². The van der Waals surface area contributed by atoms with Crippen LogP contribution in [0.3, 0.4) is 0 Å². The van der Waals surface area contributed by atoms with Gasteiger partial charge in [0.05, 0.1) is 26.1 Å². The quantitative estimate of drug-likeness (QED) is 0.0588. The average Bonchev–Trinajstić information content (AvgIpc) is 3.02. The maximum atomic E-state index is 12.3. The van der Waals surface area contributed by atoms with Crippen molar-refractivity contribution >= 4 is 24.1 Å². The molecule has 0 heterocycles. The molecule has 0 aromatic heterocycles. The summed E-state index contributed by atoms with van der Waals surface area (Å²) in [5, 5.41) is 5.57. The van der Waals surface area contributed by atoms with E-state index in [0.29, 0.717) is 39.4 Å². The normalized spacial score (nSPS) is 12.4. The van der Waals surface area contributed by atoms with Gasteiger partial charge in [0.25, 0.3) is 0 Å². The van der Waals surface area contributed by atoms with E-state index in [-0.39, 0.29) is 49.2 Å². The van der Waals surface area contributed by atoms with E-state index in [1.807, 2.05) is 27.9 Å². The molecule has 0 rings (SSSR count). The zero-order valence-corrected chi connectivity index (χ0v) is 29.9. The Morgan fingerprint density at radius 1 is 0.587 bits per heavy atom. The second-order valence-corrected chi connectivity index (χ2v) is 12.0. The highest BCUT2D eigenvalue weighted by atomic mass is 16.6. The smallest absolute Gasteiger partial charge is 0.407 e. The van der Waals surface area contributed by atoms with Crippen molar-refractivity contribution in [2.24, 2.45) is 0 Å². The summed E-state index contributed by atoms with van der Waals surface area (Å²) in [7, 11) is 3.97. The highest BCUT2D eigenvalue weighted by molar-refractivity contribution is 5.70. The number of rotatable bonds is 29. The van der Waals surface area contributed by atoms with Crippen molar-refractivity contribution in [1.82, 2.24) is 20.4 Å². The van der Waals surface area contributed by atoms with Crippen molar-refractivity contribution in [2.45, 2.75) is 130 Å². The lowest BCUT2D eigenvalue weighted by atomic mass is 10.2. The maximum Gasteiger partial charge on any atom is 0.407 e. The molecule has 270 valence electrons. The number of amides is 2. The minimum Gasteiger partial charge on any atom is -0.466 e. The molecule has 0 aromatic rings. The first-order chi connectivity index (χ1) is 22.1. The molecule has 2 amide bonds. The number of esters is 2. The summed E-state index contributed by atoms with van der Waals surface area (Å²) in [5.74, 6) is -0.510. The minimum atomic E-state index is -0.369. The van der Waals surface area contributed by atoms with E-state index < -0.39 is 0 Å². The van der Waals surface area contributed by atoms with Crippen LogP contribution in [-0.2, 0) is 28.5 Å². The minimum absolute atomic E-state index is 0.0315. The summed E-state index contributed by atoms with van der Waals surface area (Å²) < 4.78 is 21.6. The molecule has 12 nitrogen and oxygen atoms in total. The van der Waals surface area contributed by atoms with Crippen LogP contribution < -0.4 is 10.6 Å². The Hall–Kier alpha value is -2.60. The summed E-state index contributed by atoms with van der Waals surface area (Å²) in [6.45, 7) is 12.5. The predicted octanol–water partition coefficient (Wildman–Crippen LogP) is 5.67. The first-order valence-corrected chi connectivity index (χ1v) is 17.7. The third-order valence-electron chi connectivity index (χ3n) is 7.51. The number of likely N-dealkylation sites (N-methyl/N-ethyl adjacent to an activating group) is 1. The van der Waals surface area contributed by atoms with Crippen molar-refractivity contribution in [3.05, 3.63) is 0 Å². The second kappa shape index (κ2) is 29.8. The van der Waals surface area contributed by atoms with Crippen LogP contribution in [0.5, 0.6) is 0 Å². The summed E-state index contributed by atoms with van der Waals surface area (Å²) in [6.07, 6.45) is 9.75. The number of ether oxygens (including phenoxy) is 4. The Balaban J connectivity index is 4.07. The standard InChI is InChI=1S/C34H66N4O8/c1-7-17-29(9-3)45-33(41)35-21-13-11-15-27-43-31(39)19-23-38(26-25-37(5)6)24-20-32(40)44-28-16-12-14-22-36-34(42)46-30(10-4)18-8-2/h29-30H,7-28H2,1-6H3,(H,35,41)(H,36,42). The number of hydrogen-bond donors (Lipinski definition) is 2. The molecule has 12 heteroatoms. The van der Waals surface area contributed by atoms with Gasteiger partial charge in [-0.25, -0.2) is 9.59 Å². The average molecular weight is 659 g/mol. The van der Waals surface area contributed by atoms with Crippen LogP contribution in [0, 0.1) is 0 Å². The zero-order valence-electron chi connectivity index (χ0n) is 29.9. The van der Waals surface area contributed by atoms with Crippen LogP contribution >= 0.6 is 0 Å². The number of nitrogens with zero attached hydrogens (tertiary/aromatic N) is 2. The topological polar surface area (TPSA) is 136 Å². The summed E-state index contributed by atoms with van der Waals surface area (Å²) in [4.78, 5) is 52.5. The molecule has 0 radical (unpaired) electrons. The zero-order chi connectivity index (χ0) is 34.4. The monoisotopic (exact) mass is 658 g/mol. The van der Waals surface area contributed by atoms with Gasteiger partial charge < -0.3 is 39.4 Å². The SMILES string of the molecule is CCCC(CC)OC(=O)NCCCCCOC(=O)CCN(CCC(=O)OCCCCCNC(=O)OC(CC)CCC)CCN(C)C. The highest BCUT2D eigenvalue weighted by Gasteiger charge is 2.14. The van der Waals surface area contributed by atoms with Crippen LogP contribution in [0.15, 0.2) is 0 Å². The van der Waals surface area contributed by atoms with E-state index in [1.165, 1.54) is 0 Å². The van der Waals surface area contributed by atoms with E-state index in [2.05, 4.69) is 34.3 Å². The second-order valence-electron chi connectivity index (χ2n) is 12.0. The van der Waals surface area contributed by atoms with Gasteiger partial charge in [-0.05, 0) is 78.3 Å². The van der Waals surface area contributed by atoms with Crippen molar-refractivity contribution in [2.75, 3.05) is 66.6 Å². The molecular weight excluding hydrogens is 592 g/mol. The molecule has 2 unspecified atom stereocenters. The number of carbonyl (C=O) groups is 4. The Labute approximate surface area is 279 Å². The molecule has 0 aliphatic heterocycles. The predicted molar refractivity (Wildman–Crippen MR) is 181 cm³/mol. The molecule has 0 saturated heterocycles. The molecular formula is C34H66N4O8. The van der Waals surface area contributed by atoms with Crippen LogP contribution in [0.2, 0.25) is 0 Å². The fourth-order valence-electron chi connectivity index (χ4n) is 4.60. The van der Waals surface area contributed by atoms with Gasteiger partial charge in [0.15, 0.2) is 0 Å². The molecule has 46 heavy (non-hydrogen) atoms. The fraction of sp³-hybridized carbons (Fsp3) is 0.882. The fourth-order valence-corrected chi connectivity index (χ4v) is 4.60. The molecule has 2 N–H and O–H groups in total. The van der Waals surface area contributed by atoms with Crippen molar-refractivity contribution in [1.29, 1.82) is 0 Å². The number of unbranched alkanes of at least 4 members (excludes halogenated alkanes) is 4. The molecule has 0 saturated carbocycles. The first kappa shape index (κ1) is 43.4. The molecule has 2 atom stereocenters. The van der Waals surface area contributed by atoms with Gasteiger partial charge in [-0.15, -0.1) is 0 Å². The van der Waals surface area contributed by atoms with Crippen LogP contribution in [-0.4, -0.2) is 113 Å². The van der Waals surface area contributed by atoms with Crippen LogP contribution in [0.25, 0.3) is 0 Å². The lowest BCUT2D eigenvalue weighted by Gasteiger charge is -2.23. The van der Waals surface area contributed by atoms with Crippen molar-refractivity contribution < 1.29 is 38.1 Å². The van der Waals surface area contributed by atoms with Crippen molar-refractivity contribution in [3.8, 4) is 0 Å². The molecule has 0 aliphatic rings. The van der Waals surface area contributed by atoms with E-state index in [1.54, 1.807) is 0 Å². The van der Waals surface area contributed by atoms with Crippen LogP contribution in [0.1, 0.15) is 118 Å². The van der Waals surface area contributed by atoms with Crippen molar-refractivity contribution in [3.63, 3.8) is 0 Å². The number of nitrogens with one attached hydrogen (secondary N) is 2. The number of hydrogen-bond acceptors (Lipinski definition) is 10. The largest absolute Gasteiger partial charge is 0.466 e. The van der Waals surface area contributed by atoms with Gasteiger partial charge in [0.1, 0.15) is 12.2 Å².